The highest BCUT2D eigenvalue weighted by atomic mass is 14.8. The Morgan fingerprint density at radius 2 is 2.00 bits per heavy atom. The SMILES string of the molecule is CNCC1CCC(C)(C)CC1c1ccc(C)cc1C. The molecule has 0 heterocycles. The lowest BCUT2D eigenvalue weighted by atomic mass is 9.64. The molecule has 19 heavy (non-hydrogen) atoms. The van der Waals surface area contributed by atoms with Crippen LogP contribution in [0.4, 0.5) is 0 Å². The highest BCUT2D eigenvalue weighted by molar-refractivity contribution is 5.34. The molecule has 0 amide bonds. The van der Waals surface area contributed by atoms with E-state index in [0.717, 1.165) is 18.4 Å². The summed E-state index contributed by atoms with van der Waals surface area (Å²) in [5.41, 5.74) is 4.93. The van der Waals surface area contributed by atoms with Crippen molar-refractivity contribution in [2.24, 2.45) is 11.3 Å². The third kappa shape index (κ3) is 3.39. The van der Waals surface area contributed by atoms with Crippen molar-refractivity contribution in [3.63, 3.8) is 0 Å². The first-order valence-electron chi connectivity index (χ1n) is 7.65. The summed E-state index contributed by atoms with van der Waals surface area (Å²) >= 11 is 0. The fourth-order valence-corrected chi connectivity index (χ4v) is 3.75. The zero-order valence-electron chi connectivity index (χ0n) is 13.2. The maximum Gasteiger partial charge on any atom is -0.00177 e. The van der Waals surface area contributed by atoms with Crippen LogP contribution in [0.25, 0.3) is 0 Å². The minimum Gasteiger partial charge on any atom is -0.319 e. The Labute approximate surface area is 118 Å². The molecule has 0 bridgehead atoms. The molecule has 1 heteroatoms. The van der Waals surface area contributed by atoms with E-state index < -0.39 is 0 Å². The van der Waals surface area contributed by atoms with Crippen molar-refractivity contribution in [3.05, 3.63) is 34.9 Å². The van der Waals surface area contributed by atoms with E-state index in [1.54, 1.807) is 5.56 Å². The van der Waals surface area contributed by atoms with Crippen molar-refractivity contribution >= 4 is 0 Å². The van der Waals surface area contributed by atoms with Crippen LogP contribution in [0.1, 0.15) is 55.7 Å². The van der Waals surface area contributed by atoms with Gasteiger partial charge >= 0.3 is 0 Å². The van der Waals surface area contributed by atoms with E-state index >= 15 is 0 Å². The van der Waals surface area contributed by atoms with Crippen molar-refractivity contribution in [1.82, 2.24) is 5.32 Å². The number of aryl methyl sites for hydroxylation is 2. The zero-order chi connectivity index (χ0) is 14.0. The van der Waals surface area contributed by atoms with Crippen LogP contribution in [0, 0.1) is 25.2 Å². The van der Waals surface area contributed by atoms with Crippen LogP contribution in [0.15, 0.2) is 18.2 Å². The Hall–Kier alpha value is -0.820. The topological polar surface area (TPSA) is 12.0 Å². The van der Waals surface area contributed by atoms with Gasteiger partial charge in [-0.15, -0.1) is 0 Å². The summed E-state index contributed by atoms with van der Waals surface area (Å²) in [4.78, 5) is 0. The average molecular weight is 259 g/mol. The molecule has 106 valence electrons. The normalized spacial score (nSPS) is 26.4. The summed E-state index contributed by atoms with van der Waals surface area (Å²) in [5, 5.41) is 3.40. The fraction of sp³-hybridized carbons (Fsp3) is 0.667. The van der Waals surface area contributed by atoms with Crippen molar-refractivity contribution in [3.8, 4) is 0 Å². The molecule has 2 unspecified atom stereocenters. The molecule has 1 aliphatic rings. The van der Waals surface area contributed by atoms with E-state index in [2.05, 4.69) is 58.3 Å². The predicted molar refractivity (Wildman–Crippen MR) is 83.7 cm³/mol. The molecule has 2 atom stereocenters. The number of benzene rings is 1. The lowest BCUT2D eigenvalue weighted by Crippen LogP contribution is -2.34. The van der Waals surface area contributed by atoms with Gasteiger partial charge in [0.15, 0.2) is 0 Å². The summed E-state index contributed by atoms with van der Waals surface area (Å²) < 4.78 is 0. The van der Waals surface area contributed by atoms with Gasteiger partial charge < -0.3 is 5.32 Å². The molecule has 0 aliphatic heterocycles. The molecule has 1 saturated carbocycles. The van der Waals surface area contributed by atoms with Gasteiger partial charge in [-0.05, 0) is 75.1 Å². The molecule has 1 nitrogen and oxygen atoms in total. The quantitative estimate of drug-likeness (QED) is 0.846. The van der Waals surface area contributed by atoms with E-state index in [1.165, 1.54) is 30.4 Å². The fourth-order valence-electron chi connectivity index (χ4n) is 3.75. The monoisotopic (exact) mass is 259 g/mol. The Kier molecular flexibility index (Phi) is 4.35. The Bertz CT molecular complexity index is 433. The first kappa shape index (κ1) is 14.6. The molecule has 0 spiro atoms. The van der Waals surface area contributed by atoms with Crippen LogP contribution < -0.4 is 5.32 Å². The van der Waals surface area contributed by atoms with Crippen LogP contribution in [0.3, 0.4) is 0 Å². The van der Waals surface area contributed by atoms with Crippen molar-refractivity contribution in [1.29, 1.82) is 0 Å². The lowest BCUT2D eigenvalue weighted by molar-refractivity contribution is 0.161. The highest BCUT2D eigenvalue weighted by Crippen LogP contribution is 2.47. The smallest absolute Gasteiger partial charge is 0.00177 e. The number of nitrogens with one attached hydrogen (secondary N) is 1. The molecule has 2 rings (SSSR count). The van der Waals surface area contributed by atoms with Crippen LogP contribution in [0.2, 0.25) is 0 Å². The van der Waals surface area contributed by atoms with Crippen LogP contribution in [-0.2, 0) is 0 Å². The maximum absolute atomic E-state index is 3.40. The van der Waals surface area contributed by atoms with Gasteiger partial charge in [0, 0.05) is 0 Å². The molecule has 1 aromatic carbocycles. The highest BCUT2D eigenvalue weighted by Gasteiger charge is 2.35. The number of hydrogen-bond donors (Lipinski definition) is 1. The number of hydrogen-bond acceptors (Lipinski definition) is 1. The van der Waals surface area contributed by atoms with E-state index in [-0.39, 0.29) is 0 Å². The van der Waals surface area contributed by atoms with Crippen molar-refractivity contribution < 1.29 is 0 Å². The Morgan fingerprint density at radius 1 is 1.26 bits per heavy atom. The molecular weight excluding hydrogens is 230 g/mol. The van der Waals surface area contributed by atoms with Crippen LogP contribution in [0.5, 0.6) is 0 Å². The molecule has 1 N–H and O–H groups in total. The van der Waals surface area contributed by atoms with E-state index in [1.807, 2.05) is 0 Å². The Balaban J connectivity index is 2.30. The average Bonchev–Trinajstić information content (AvgIpc) is 2.32. The van der Waals surface area contributed by atoms with Gasteiger partial charge in [0.05, 0.1) is 0 Å². The zero-order valence-corrected chi connectivity index (χ0v) is 13.2. The second-order valence-corrected chi connectivity index (χ2v) is 7.19. The van der Waals surface area contributed by atoms with E-state index in [0.29, 0.717) is 5.41 Å². The lowest BCUT2D eigenvalue weighted by Gasteiger charge is -2.41. The van der Waals surface area contributed by atoms with Crippen LogP contribution >= 0.6 is 0 Å². The molecule has 0 saturated heterocycles. The maximum atomic E-state index is 3.40. The summed E-state index contributed by atoms with van der Waals surface area (Å²) in [6.07, 6.45) is 4.04. The third-order valence-corrected chi connectivity index (χ3v) is 4.82. The standard InChI is InChI=1S/C18H29N/c1-13-6-7-16(14(2)10-13)17-11-18(3,4)9-8-15(17)12-19-5/h6-7,10,15,17,19H,8-9,11-12H2,1-5H3. The van der Waals surface area contributed by atoms with Gasteiger partial charge in [-0.3, -0.25) is 0 Å². The molecule has 0 aromatic heterocycles. The second-order valence-electron chi connectivity index (χ2n) is 7.19. The predicted octanol–water partition coefficient (Wildman–Crippen LogP) is 4.43. The first-order chi connectivity index (χ1) is 8.93. The van der Waals surface area contributed by atoms with Crippen molar-refractivity contribution in [2.45, 2.75) is 52.9 Å². The Morgan fingerprint density at radius 3 is 2.63 bits per heavy atom. The summed E-state index contributed by atoms with van der Waals surface area (Å²) in [5.74, 6) is 1.51. The first-order valence-corrected chi connectivity index (χ1v) is 7.65. The third-order valence-electron chi connectivity index (χ3n) is 4.82. The number of rotatable bonds is 3. The van der Waals surface area contributed by atoms with E-state index in [9.17, 15) is 0 Å². The minimum absolute atomic E-state index is 0.492. The summed E-state index contributed by atoms with van der Waals surface area (Å²) in [6, 6.07) is 6.99. The van der Waals surface area contributed by atoms with Crippen molar-refractivity contribution in [2.75, 3.05) is 13.6 Å². The minimum atomic E-state index is 0.492. The van der Waals surface area contributed by atoms with Gasteiger partial charge in [0.2, 0.25) is 0 Å². The van der Waals surface area contributed by atoms with Gasteiger partial charge in [-0.25, -0.2) is 0 Å². The van der Waals surface area contributed by atoms with Gasteiger partial charge in [-0.2, -0.15) is 0 Å². The van der Waals surface area contributed by atoms with E-state index in [4.69, 9.17) is 0 Å². The summed E-state index contributed by atoms with van der Waals surface area (Å²) in [7, 11) is 2.08. The summed E-state index contributed by atoms with van der Waals surface area (Å²) in [6.45, 7) is 10.5. The van der Waals surface area contributed by atoms with Gasteiger partial charge in [0.1, 0.15) is 0 Å². The molecule has 1 aliphatic carbocycles. The van der Waals surface area contributed by atoms with Crippen LogP contribution in [-0.4, -0.2) is 13.6 Å². The second kappa shape index (κ2) is 5.66. The largest absolute Gasteiger partial charge is 0.319 e. The molecular formula is C18H29N. The van der Waals surface area contributed by atoms with Gasteiger partial charge in [0.25, 0.3) is 0 Å². The molecule has 1 fully saturated rings. The molecule has 1 aromatic rings. The molecule has 0 radical (unpaired) electrons. The van der Waals surface area contributed by atoms with Gasteiger partial charge in [-0.1, -0.05) is 37.6 Å².